The molecule has 0 amide bonds. The maximum Gasteiger partial charge on any atom is 0.209 e. The van der Waals surface area contributed by atoms with Crippen molar-refractivity contribution >= 4 is 34.8 Å². The fraction of sp³-hybridized carbons (Fsp3) is 0.389. The summed E-state index contributed by atoms with van der Waals surface area (Å²) in [5.74, 6) is -7.45. The van der Waals surface area contributed by atoms with Gasteiger partial charge in [0.15, 0.2) is 17.2 Å². The number of allylic oxidation sites excluding steroid dienone is 3. The van der Waals surface area contributed by atoms with Crippen LogP contribution in [0, 0.1) is 28.6 Å². The van der Waals surface area contributed by atoms with Gasteiger partial charge in [0.1, 0.15) is 28.6 Å². The van der Waals surface area contributed by atoms with E-state index in [4.69, 9.17) is 0 Å². The maximum absolute atomic E-state index is 14.5. The predicted molar refractivity (Wildman–Crippen MR) is 165 cm³/mol. The molecule has 0 fully saturated rings. The molecule has 0 aromatic heterocycles. The summed E-state index contributed by atoms with van der Waals surface area (Å²) in [4.78, 5) is 54.9. The van der Waals surface area contributed by atoms with Crippen molar-refractivity contribution < 1.29 is 39.6 Å². The molecule has 1 unspecified atom stereocenters. The quantitative estimate of drug-likeness (QED) is 0.299. The van der Waals surface area contributed by atoms with Crippen molar-refractivity contribution in [3.05, 3.63) is 87.9 Å². The number of hydrogen-bond donors (Lipinski definition) is 4. The Morgan fingerprint density at radius 1 is 0.977 bits per heavy atom. The van der Waals surface area contributed by atoms with Gasteiger partial charge < -0.3 is 20.4 Å². The molecular weight excluding hydrogens is 560 g/mol. The molecule has 0 aliphatic heterocycles. The molecule has 0 bridgehead atoms. The molecule has 0 saturated carbocycles. The Hall–Kier alpha value is -4.30. The Balaban J connectivity index is 2.03. The largest absolute Gasteiger partial charge is 0.511 e. The lowest BCUT2D eigenvalue weighted by Crippen LogP contribution is -2.71. The molecule has 5 atom stereocenters. The molecule has 0 saturated heterocycles. The van der Waals surface area contributed by atoms with Crippen LogP contribution in [-0.2, 0) is 14.4 Å². The van der Waals surface area contributed by atoms with E-state index in [2.05, 4.69) is 0 Å². The summed E-state index contributed by atoms with van der Waals surface area (Å²) >= 11 is 0. The van der Waals surface area contributed by atoms with Crippen molar-refractivity contribution in [1.82, 2.24) is 0 Å². The van der Waals surface area contributed by atoms with E-state index >= 15 is 0 Å². The molecule has 44 heavy (non-hydrogen) atoms. The molecular formula is C36H38O8. The Morgan fingerprint density at radius 3 is 2.18 bits per heavy atom. The lowest BCUT2D eigenvalue weighted by atomic mass is 9.38. The SMILES string of the molecule is CCC(=O)C[C@H]1[C@]2(C)C(C(C)C)C(O)=C(C(C)=O)C(=O)[C@]2(O)C(O)=C2C(=O)c3c(O)cccc3/C(=C\c3ccccc3)[C@@]21C. The van der Waals surface area contributed by atoms with Gasteiger partial charge >= 0.3 is 0 Å². The molecule has 8 nitrogen and oxygen atoms in total. The number of carbonyl (C=O) groups excluding carboxylic acids is 4. The average Bonchev–Trinajstić information content (AvgIpc) is 2.96. The minimum Gasteiger partial charge on any atom is -0.511 e. The number of aliphatic hydroxyl groups excluding tert-OH is 2. The van der Waals surface area contributed by atoms with E-state index in [-0.39, 0.29) is 35.5 Å². The van der Waals surface area contributed by atoms with Crippen LogP contribution in [0.15, 0.2) is 71.2 Å². The number of fused-ring (bicyclic) bond motifs is 3. The molecule has 4 N–H and O–H groups in total. The summed E-state index contributed by atoms with van der Waals surface area (Å²) in [5, 5.41) is 47.4. The van der Waals surface area contributed by atoms with Gasteiger partial charge in [0, 0.05) is 29.6 Å². The van der Waals surface area contributed by atoms with E-state index in [1.165, 1.54) is 6.07 Å². The Kier molecular flexibility index (Phi) is 7.36. The van der Waals surface area contributed by atoms with Crippen LogP contribution in [0.4, 0.5) is 0 Å². The smallest absolute Gasteiger partial charge is 0.209 e. The monoisotopic (exact) mass is 598 g/mol. The van der Waals surface area contributed by atoms with Gasteiger partial charge in [-0.3, -0.25) is 19.2 Å². The third-order valence-electron chi connectivity index (χ3n) is 10.4. The van der Waals surface area contributed by atoms with Crippen LogP contribution in [-0.4, -0.2) is 49.2 Å². The fourth-order valence-corrected chi connectivity index (χ4v) is 8.39. The number of aromatic hydroxyl groups is 1. The first kappa shape index (κ1) is 31.1. The number of carbonyl (C=O) groups is 4. The van der Waals surface area contributed by atoms with Gasteiger partial charge in [-0.2, -0.15) is 0 Å². The van der Waals surface area contributed by atoms with E-state index in [0.29, 0.717) is 11.1 Å². The molecule has 0 radical (unpaired) electrons. The molecule has 8 heteroatoms. The topological polar surface area (TPSA) is 149 Å². The lowest BCUT2D eigenvalue weighted by Gasteiger charge is -2.64. The molecule has 3 aliphatic carbocycles. The van der Waals surface area contributed by atoms with Gasteiger partial charge in [-0.05, 0) is 41.5 Å². The number of Topliss-reactive ketones (excluding diaryl/α,β-unsaturated/α-hetero) is 4. The number of phenolic OH excluding ortho intramolecular Hbond substituents is 1. The van der Waals surface area contributed by atoms with Crippen LogP contribution in [0.25, 0.3) is 11.6 Å². The van der Waals surface area contributed by atoms with Crippen molar-refractivity contribution in [2.75, 3.05) is 0 Å². The second-order valence-corrected chi connectivity index (χ2v) is 12.9. The standard InChI is InChI=1S/C36H38O8/c1-7-21(38)17-25-34(5)23(16-20-12-9-8-10-13-20)22-14-11-15-24(39)27(22)31(41)29(34)33(43)36(44)32(42)26(19(4)37)30(40)28(18(2)3)35(25,36)6/h8-16,18,25,28,39-40,43-44H,7,17H2,1-6H3/b23-16+/t25-,28?,34-,35-,36+/m1/s1. The number of benzene rings is 2. The normalized spacial score (nSPS) is 30.8. The maximum atomic E-state index is 14.5. The van der Waals surface area contributed by atoms with Crippen LogP contribution in [0.5, 0.6) is 5.75 Å². The highest BCUT2D eigenvalue weighted by molar-refractivity contribution is 6.26. The zero-order chi connectivity index (χ0) is 32.5. The van der Waals surface area contributed by atoms with Crippen LogP contribution in [0.1, 0.15) is 75.9 Å². The van der Waals surface area contributed by atoms with Gasteiger partial charge in [-0.25, -0.2) is 0 Å². The van der Waals surface area contributed by atoms with Crippen LogP contribution in [0.2, 0.25) is 0 Å². The third-order valence-corrected chi connectivity index (χ3v) is 10.4. The van der Waals surface area contributed by atoms with Crippen molar-refractivity contribution in [3.8, 4) is 5.75 Å². The molecule has 230 valence electrons. The van der Waals surface area contributed by atoms with Crippen molar-refractivity contribution in [2.45, 2.75) is 60.0 Å². The van der Waals surface area contributed by atoms with Gasteiger partial charge in [-0.15, -0.1) is 0 Å². The van der Waals surface area contributed by atoms with Crippen LogP contribution < -0.4 is 0 Å². The van der Waals surface area contributed by atoms with Crippen LogP contribution in [0.3, 0.4) is 0 Å². The van der Waals surface area contributed by atoms with Crippen molar-refractivity contribution in [1.29, 1.82) is 0 Å². The second-order valence-electron chi connectivity index (χ2n) is 12.9. The highest BCUT2D eigenvalue weighted by Crippen LogP contribution is 2.71. The Morgan fingerprint density at radius 2 is 1.61 bits per heavy atom. The number of ketones is 4. The molecule has 5 rings (SSSR count). The zero-order valence-electron chi connectivity index (χ0n) is 25.8. The van der Waals surface area contributed by atoms with E-state index < -0.39 is 68.6 Å². The molecule has 2 aromatic carbocycles. The van der Waals surface area contributed by atoms with E-state index in [0.717, 1.165) is 12.5 Å². The summed E-state index contributed by atoms with van der Waals surface area (Å²) in [6, 6.07) is 13.8. The summed E-state index contributed by atoms with van der Waals surface area (Å²) in [6.45, 7) is 9.56. The number of hydrogen-bond acceptors (Lipinski definition) is 8. The minimum atomic E-state index is -2.85. The fourth-order valence-electron chi connectivity index (χ4n) is 8.39. The minimum absolute atomic E-state index is 0.115. The summed E-state index contributed by atoms with van der Waals surface area (Å²) < 4.78 is 0. The Labute approximate surface area is 256 Å². The van der Waals surface area contributed by atoms with Gasteiger partial charge in [0.2, 0.25) is 5.78 Å². The summed E-state index contributed by atoms with van der Waals surface area (Å²) in [7, 11) is 0. The van der Waals surface area contributed by atoms with E-state index in [1.54, 1.807) is 46.8 Å². The van der Waals surface area contributed by atoms with Crippen molar-refractivity contribution in [2.24, 2.45) is 28.6 Å². The zero-order valence-corrected chi connectivity index (χ0v) is 25.8. The molecule has 0 spiro atoms. The first-order chi connectivity index (χ1) is 20.6. The summed E-state index contributed by atoms with van der Waals surface area (Å²) in [5.41, 5.74) is -5.62. The number of rotatable bonds is 6. The highest BCUT2D eigenvalue weighted by atomic mass is 16.4. The van der Waals surface area contributed by atoms with Crippen LogP contribution >= 0.6 is 0 Å². The van der Waals surface area contributed by atoms with E-state index in [1.807, 2.05) is 36.4 Å². The van der Waals surface area contributed by atoms with E-state index in [9.17, 15) is 39.6 Å². The predicted octanol–water partition coefficient (Wildman–Crippen LogP) is 5.94. The van der Waals surface area contributed by atoms with Crippen molar-refractivity contribution in [3.63, 3.8) is 0 Å². The van der Waals surface area contributed by atoms with Gasteiger partial charge in [0.05, 0.1) is 11.1 Å². The lowest BCUT2D eigenvalue weighted by molar-refractivity contribution is -0.187. The van der Waals surface area contributed by atoms with Gasteiger partial charge in [0.25, 0.3) is 0 Å². The first-order valence-corrected chi connectivity index (χ1v) is 14.9. The third kappa shape index (κ3) is 3.86. The van der Waals surface area contributed by atoms with Gasteiger partial charge in [-0.1, -0.05) is 83.2 Å². The molecule has 2 aromatic rings. The first-order valence-electron chi connectivity index (χ1n) is 14.9. The summed E-state index contributed by atoms with van der Waals surface area (Å²) in [6.07, 6.45) is 1.73. The molecule has 0 heterocycles. The number of phenols is 1. The Bertz CT molecular complexity index is 1710. The molecule has 3 aliphatic rings. The highest BCUT2D eigenvalue weighted by Gasteiger charge is 2.75. The average molecular weight is 599 g/mol. The second kappa shape index (κ2) is 10.4. The number of aliphatic hydroxyl groups is 3.